The molecule has 1 aromatic carbocycles. The van der Waals surface area contributed by atoms with Crippen molar-refractivity contribution < 1.29 is 19.4 Å². The molecule has 2 heterocycles. The first-order valence-corrected chi connectivity index (χ1v) is 9.18. The molecule has 0 saturated carbocycles. The number of benzene rings is 1. The Hall–Kier alpha value is -2.65. The van der Waals surface area contributed by atoms with E-state index in [1.807, 2.05) is 13.8 Å². The molecule has 0 aliphatic heterocycles. The molecule has 3 rings (SSSR count). The van der Waals surface area contributed by atoms with Gasteiger partial charge >= 0.3 is 5.97 Å². The Balaban J connectivity index is 1.90. The predicted octanol–water partition coefficient (Wildman–Crippen LogP) is 3.21. The van der Waals surface area contributed by atoms with E-state index in [1.165, 1.54) is 34.6 Å². The standard InChI is InChI=1S/C18H19FN4O3S/c1-10(9-24)27-15-4-3-12(19)7-13(15)11(2)21-16-5-6-23-17(22-16)14(8-20-23)18(25)26/h3-8,10-11,24H,9H2,1-2H3,(H,21,22)(H,25,26). The van der Waals surface area contributed by atoms with Crippen molar-refractivity contribution in [2.75, 3.05) is 11.9 Å². The van der Waals surface area contributed by atoms with Crippen LogP contribution in [0.3, 0.4) is 0 Å². The first-order chi connectivity index (χ1) is 12.9. The van der Waals surface area contributed by atoms with Crippen LogP contribution in [-0.4, -0.2) is 42.6 Å². The monoisotopic (exact) mass is 390 g/mol. The summed E-state index contributed by atoms with van der Waals surface area (Å²) in [7, 11) is 0. The minimum absolute atomic E-state index is 0.00470. The van der Waals surface area contributed by atoms with Gasteiger partial charge in [0.05, 0.1) is 18.8 Å². The number of aliphatic hydroxyl groups excluding tert-OH is 1. The third-order valence-electron chi connectivity index (χ3n) is 3.99. The highest BCUT2D eigenvalue weighted by atomic mass is 32.2. The lowest BCUT2D eigenvalue weighted by Gasteiger charge is -2.20. The van der Waals surface area contributed by atoms with Gasteiger partial charge < -0.3 is 15.5 Å². The van der Waals surface area contributed by atoms with Crippen LogP contribution in [0.1, 0.15) is 35.8 Å². The molecule has 27 heavy (non-hydrogen) atoms. The lowest BCUT2D eigenvalue weighted by atomic mass is 10.1. The number of aromatic nitrogens is 3. The lowest BCUT2D eigenvalue weighted by Crippen LogP contribution is -2.11. The molecule has 9 heteroatoms. The molecule has 3 aromatic rings. The fourth-order valence-electron chi connectivity index (χ4n) is 2.62. The van der Waals surface area contributed by atoms with Crippen molar-refractivity contribution >= 4 is 29.2 Å². The maximum absolute atomic E-state index is 13.8. The van der Waals surface area contributed by atoms with Gasteiger partial charge in [0.2, 0.25) is 0 Å². The summed E-state index contributed by atoms with van der Waals surface area (Å²) in [4.78, 5) is 16.4. The molecule has 3 N–H and O–H groups in total. The van der Waals surface area contributed by atoms with Gasteiger partial charge in [-0.15, -0.1) is 11.8 Å². The topological polar surface area (TPSA) is 99.8 Å². The number of thioether (sulfide) groups is 1. The molecule has 2 aromatic heterocycles. The first kappa shape index (κ1) is 19.1. The summed E-state index contributed by atoms with van der Waals surface area (Å²) in [6, 6.07) is 5.91. The van der Waals surface area contributed by atoms with Gasteiger partial charge in [0.1, 0.15) is 17.2 Å². The second-order valence-corrected chi connectivity index (χ2v) is 7.58. The zero-order valence-electron chi connectivity index (χ0n) is 14.8. The van der Waals surface area contributed by atoms with Crippen molar-refractivity contribution in [3.8, 4) is 0 Å². The highest BCUT2D eigenvalue weighted by Crippen LogP contribution is 2.32. The number of aromatic carboxylic acids is 1. The van der Waals surface area contributed by atoms with E-state index >= 15 is 0 Å². The summed E-state index contributed by atoms with van der Waals surface area (Å²) in [5, 5.41) is 25.6. The molecule has 142 valence electrons. The van der Waals surface area contributed by atoms with Gasteiger partial charge in [-0.3, -0.25) is 0 Å². The van der Waals surface area contributed by atoms with Crippen LogP contribution in [0.2, 0.25) is 0 Å². The highest BCUT2D eigenvalue weighted by Gasteiger charge is 2.17. The molecule has 2 unspecified atom stereocenters. The van der Waals surface area contributed by atoms with Crippen molar-refractivity contribution in [1.82, 2.24) is 14.6 Å². The van der Waals surface area contributed by atoms with E-state index in [0.717, 1.165) is 10.5 Å². The van der Waals surface area contributed by atoms with E-state index < -0.39 is 5.97 Å². The van der Waals surface area contributed by atoms with Gasteiger partial charge in [0.25, 0.3) is 0 Å². The van der Waals surface area contributed by atoms with Crippen molar-refractivity contribution in [2.24, 2.45) is 0 Å². The Labute approximate surface area is 159 Å². The molecule has 0 fully saturated rings. The quantitative estimate of drug-likeness (QED) is 0.533. The van der Waals surface area contributed by atoms with E-state index in [-0.39, 0.29) is 34.9 Å². The van der Waals surface area contributed by atoms with E-state index in [4.69, 9.17) is 0 Å². The van der Waals surface area contributed by atoms with Crippen LogP contribution in [0.25, 0.3) is 5.65 Å². The minimum Gasteiger partial charge on any atom is -0.477 e. The fraction of sp³-hybridized carbons (Fsp3) is 0.278. The van der Waals surface area contributed by atoms with Crippen molar-refractivity contribution in [3.63, 3.8) is 0 Å². The zero-order valence-corrected chi connectivity index (χ0v) is 15.6. The summed E-state index contributed by atoms with van der Waals surface area (Å²) < 4.78 is 15.2. The molecule has 0 saturated heterocycles. The molecular formula is C18H19FN4O3S. The maximum atomic E-state index is 13.8. The normalized spacial score (nSPS) is 13.5. The van der Waals surface area contributed by atoms with Crippen molar-refractivity contribution in [1.29, 1.82) is 0 Å². The first-order valence-electron chi connectivity index (χ1n) is 8.30. The van der Waals surface area contributed by atoms with Crippen LogP contribution in [-0.2, 0) is 0 Å². The Morgan fingerprint density at radius 3 is 2.85 bits per heavy atom. The van der Waals surface area contributed by atoms with Crippen molar-refractivity contribution in [2.45, 2.75) is 30.0 Å². The largest absolute Gasteiger partial charge is 0.477 e. The number of hydrogen-bond donors (Lipinski definition) is 3. The average molecular weight is 390 g/mol. The van der Waals surface area contributed by atoms with Gasteiger partial charge in [-0.1, -0.05) is 6.92 Å². The smallest absolute Gasteiger partial charge is 0.341 e. The number of halogens is 1. The molecule has 0 aliphatic carbocycles. The molecule has 0 aliphatic rings. The Morgan fingerprint density at radius 1 is 1.37 bits per heavy atom. The molecule has 0 spiro atoms. The second-order valence-electron chi connectivity index (χ2n) is 6.10. The van der Waals surface area contributed by atoms with E-state index in [1.54, 1.807) is 18.3 Å². The Kier molecular flexibility index (Phi) is 5.62. The minimum atomic E-state index is -1.11. The fourth-order valence-corrected chi connectivity index (χ4v) is 3.65. The number of carbonyl (C=O) groups is 1. The van der Waals surface area contributed by atoms with Crippen LogP contribution < -0.4 is 5.32 Å². The lowest BCUT2D eigenvalue weighted by molar-refractivity contribution is 0.0698. The molecule has 7 nitrogen and oxygen atoms in total. The van der Waals surface area contributed by atoms with E-state index in [2.05, 4.69) is 15.4 Å². The van der Waals surface area contributed by atoms with Crippen LogP contribution in [0.4, 0.5) is 10.2 Å². The summed E-state index contributed by atoms with van der Waals surface area (Å²) in [5.41, 5.74) is 0.960. The SMILES string of the molecule is CC(CO)Sc1ccc(F)cc1C(C)Nc1ccn2ncc(C(=O)O)c2n1. The van der Waals surface area contributed by atoms with E-state index in [9.17, 15) is 19.4 Å². The summed E-state index contributed by atoms with van der Waals surface area (Å²) in [5.74, 6) is -1.01. The highest BCUT2D eigenvalue weighted by molar-refractivity contribution is 8.00. The number of carboxylic acid groups (broad SMARTS) is 1. The van der Waals surface area contributed by atoms with Gasteiger partial charge in [-0.2, -0.15) is 5.10 Å². The number of rotatable bonds is 7. The van der Waals surface area contributed by atoms with Gasteiger partial charge in [0.15, 0.2) is 5.65 Å². The number of hydrogen-bond acceptors (Lipinski definition) is 6. The van der Waals surface area contributed by atoms with Crippen LogP contribution in [0.5, 0.6) is 0 Å². The molecule has 0 bridgehead atoms. The van der Waals surface area contributed by atoms with Crippen LogP contribution in [0, 0.1) is 5.82 Å². The van der Waals surface area contributed by atoms with Crippen LogP contribution in [0.15, 0.2) is 41.6 Å². The molecule has 2 atom stereocenters. The number of fused-ring (bicyclic) bond motifs is 1. The molecule has 0 amide bonds. The number of nitrogens with one attached hydrogen (secondary N) is 1. The number of carboxylic acids is 1. The number of nitrogens with zero attached hydrogens (tertiary/aromatic N) is 3. The Morgan fingerprint density at radius 2 is 2.15 bits per heavy atom. The van der Waals surface area contributed by atoms with Gasteiger partial charge in [-0.05, 0) is 36.8 Å². The van der Waals surface area contributed by atoms with Crippen molar-refractivity contribution in [3.05, 3.63) is 53.6 Å². The second kappa shape index (κ2) is 7.93. The van der Waals surface area contributed by atoms with E-state index in [0.29, 0.717) is 5.82 Å². The molecular weight excluding hydrogens is 371 g/mol. The third kappa shape index (κ3) is 4.20. The summed E-state index contributed by atoms with van der Waals surface area (Å²) in [6.07, 6.45) is 2.86. The summed E-state index contributed by atoms with van der Waals surface area (Å²) in [6.45, 7) is 3.77. The van der Waals surface area contributed by atoms with Gasteiger partial charge in [-0.25, -0.2) is 18.7 Å². The maximum Gasteiger partial charge on any atom is 0.341 e. The Bertz CT molecular complexity index is 978. The average Bonchev–Trinajstić information content (AvgIpc) is 3.06. The third-order valence-corrected chi connectivity index (χ3v) is 5.16. The zero-order chi connectivity index (χ0) is 19.6. The summed E-state index contributed by atoms with van der Waals surface area (Å²) >= 11 is 1.46. The number of anilines is 1. The predicted molar refractivity (Wildman–Crippen MR) is 101 cm³/mol. The van der Waals surface area contributed by atoms with Crippen LogP contribution >= 0.6 is 11.8 Å². The molecule has 0 radical (unpaired) electrons. The number of aliphatic hydroxyl groups is 1. The van der Waals surface area contributed by atoms with Gasteiger partial charge in [0, 0.05) is 16.3 Å².